The van der Waals surface area contributed by atoms with Crippen LogP contribution in [-0.2, 0) is 9.59 Å². The lowest BCUT2D eigenvalue weighted by molar-refractivity contribution is -0.132. The summed E-state index contributed by atoms with van der Waals surface area (Å²) < 4.78 is 0. The van der Waals surface area contributed by atoms with Gasteiger partial charge in [-0.1, -0.05) is 0 Å². The van der Waals surface area contributed by atoms with Gasteiger partial charge >= 0.3 is 11.9 Å². The molecule has 0 unspecified atom stereocenters. The summed E-state index contributed by atoms with van der Waals surface area (Å²) in [5.41, 5.74) is 0. The van der Waals surface area contributed by atoms with Crippen molar-refractivity contribution < 1.29 is 30.0 Å². The lowest BCUT2D eigenvalue weighted by Gasteiger charge is -1.80. The molecule has 0 heterocycles. The number of hydrogen-bond acceptors (Lipinski definition) is 4. The van der Waals surface area contributed by atoms with E-state index in [9.17, 15) is 9.59 Å². The van der Waals surface area contributed by atoms with Crippen molar-refractivity contribution in [2.75, 3.05) is 0 Å². The van der Waals surface area contributed by atoms with E-state index in [1.54, 1.807) is 0 Å². The molecule has 80 valence electrons. The molecular weight excluding hydrogens is 192 g/mol. The number of allylic oxidation sites excluding steroid dienone is 2. The molecule has 0 saturated heterocycles. The van der Waals surface area contributed by atoms with E-state index >= 15 is 0 Å². The van der Waals surface area contributed by atoms with E-state index in [0.717, 1.165) is 12.2 Å². The smallest absolute Gasteiger partial charge is 0.331 e. The predicted molar refractivity (Wildman–Crippen MR) is 48.0 cm³/mol. The molecule has 6 heteroatoms. The monoisotopic (exact) mass is 204 g/mol. The Morgan fingerprint density at radius 1 is 0.786 bits per heavy atom. The molecule has 0 aromatic carbocycles. The van der Waals surface area contributed by atoms with Gasteiger partial charge in [-0.15, -0.1) is 0 Å². The maximum Gasteiger partial charge on any atom is 0.331 e. The van der Waals surface area contributed by atoms with Crippen molar-refractivity contribution in [1.29, 1.82) is 0 Å². The molecule has 0 saturated carbocycles. The van der Waals surface area contributed by atoms with Gasteiger partial charge in [0.2, 0.25) is 0 Å². The van der Waals surface area contributed by atoms with Crippen molar-refractivity contribution in [3.8, 4) is 0 Å². The summed E-state index contributed by atoms with van der Waals surface area (Å²) in [6.07, 6.45) is 1.44. The van der Waals surface area contributed by atoms with E-state index in [4.69, 9.17) is 20.4 Å². The van der Waals surface area contributed by atoms with Crippen LogP contribution >= 0.6 is 0 Å². The molecule has 0 bridgehead atoms. The van der Waals surface area contributed by atoms with Crippen LogP contribution < -0.4 is 0 Å². The fourth-order valence-corrected chi connectivity index (χ4v) is 0.357. The van der Waals surface area contributed by atoms with Crippen molar-refractivity contribution in [3.63, 3.8) is 0 Å². The van der Waals surface area contributed by atoms with Crippen molar-refractivity contribution >= 4 is 11.9 Å². The van der Waals surface area contributed by atoms with E-state index in [1.807, 2.05) is 0 Å². The molecule has 0 aromatic rings. The number of rotatable bonds is 2. The maximum absolute atomic E-state index is 9.57. The van der Waals surface area contributed by atoms with Gasteiger partial charge in [0, 0.05) is 0 Å². The minimum Gasteiger partial charge on any atom is -0.512 e. The third kappa shape index (κ3) is 22.5. The first-order valence-corrected chi connectivity index (χ1v) is 3.46. The topological polar surface area (TPSA) is 115 Å². The molecule has 0 atom stereocenters. The van der Waals surface area contributed by atoms with E-state index < -0.39 is 11.9 Å². The molecule has 0 spiro atoms. The van der Waals surface area contributed by atoms with E-state index in [1.165, 1.54) is 13.8 Å². The third-order valence-corrected chi connectivity index (χ3v) is 0.665. The normalized spacial score (nSPS) is 11.3. The van der Waals surface area contributed by atoms with Gasteiger partial charge in [0.25, 0.3) is 0 Å². The number of carboxylic acids is 2. The van der Waals surface area contributed by atoms with Crippen LogP contribution in [0, 0.1) is 0 Å². The zero-order chi connectivity index (χ0) is 11.7. The Balaban J connectivity index is 0. The van der Waals surface area contributed by atoms with Gasteiger partial charge in [-0.25, -0.2) is 9.59 Å². The molecule has 0 aromatic heterocycles. The number of carbonyl (C=O) groups is 2. The van der Waals surface area contributed by atoms with Crippen LogP contribution in [0.4, 0.5) is 0 Å². The van der Waals surface area contributed by atoms with Gasteiger partial charge in [-0.3, -0.25) is 0 Å². The maximum atomic E-state index is 9.57. The molecule has 0 rings (SSSR count). The fraction of sp³-hybridized carbons (Fsp3) is 0.250. The van der Waals surface area contributed by atoms with E-state index in [-0.39, 0.29) is 11.5 Å². The quantitative estimate of drug-likeness (QED) is 0.395. The Hall–Kier alpha value is -1.98. The van der Waals surface area contributed by atoms with Crippen molar-refractivity contribution in [2.45, 2.75) is 13.8 Å². The number of aliphatic hydroxyl groups excluding tert-OH is 2. The first-order valence-electron chi connectivity index (χ1n) is 3.46. The SMILES string of the molecule is CC(O)=CC(=O)O.CC(O)=CC(=O)O. The molecule has 6 nitrogen and oxygen atoms in total. The van der Waals surface area contributed by atoms with Crippen LogP contribution in [-0.4, -0.2) is 32.4 Å². The highest BCUT2D eigenvalue weighted by molar-refractivity contribution is 5.80. The summed E-state index contributed by atoms with van der Waals surface area (Å²) >= 11 is 0. The summed E-state index contributed by atoms with van der Waals surface area (Å²) in [7, 11) is 0. The van der Waals surface area contributed by atoms with Gasteiger partial charge < -0.3 is 20.4 Å². The van der Waals surface area contributed by atoms with Gasteiger partial charge in [0.15, 0.2) is 0 Å². The van der Waals surface area contributed by atoms with E-state index in [0.29, 0.717) is 0 Å². The summed E-state index contributed by atoms with van der Waals surface area (Å²) in [4.78, 5) is 19.1. The molecule has 14 heavy (non-hydrogen) atoms. The summed E-state index contributed by atoms with van der Waals surface area (Å²) in [6, 6.07) is 0. The average molecular weight is 204 g/mol. The van der Waals surface area contributed by atoms with Crippen molar-refractivity contribution in [1.82, 2.24) is 0 Å². The molecule has 0 fully saturated rings. The second-order valence-corrected chi connectivity index (χ2v) is 2.25. The fourth-order valence-electron chi connectivity index (χ4n) is 0.357. The molecule has 0 aliphatic carbocycles. The van der Waals surface area contributed by atoms with Crippen LogP contribution in [0.25, 0.3) is 0 Å². The third-order valence-electron chi connectivity index (χ3n) is 0.665. The summed E-state index contributed by atoms with van der Waals surface area (Å²) in [5.74, 6) is -2.62. The van der Waals surface area contributed by atoms with Crippen LogP contribution in [0.2, 0.25) is 0 Å². The first kappa shape index (κ1) is 14.5. The molecule has 0 radical (unpaired) electrons. The Labute approximate surface area is 80.4 Å². The number of hydrogen-bond donors (Lipinski definition) is 4. The molecule has 0 aliphatic rings. The number of carboxylic acid groups (broad SMARTS) is 2. The number of aliphatic carboxylic acids is 2. The molecule has 0 aliphatic heterocycles. The van der Waals surface area contributed by atoms with Crippen LogP contribution in [0.5, 0.6) is 0 Å². The van der Waals surface area contributed by atoms with Gasteiger partial charge in [0.1, 0.15) is 0 Å². The Kier molecular flexibility index (Phi) is 7.95. The van der Waals surface area contributed by atoms with Crippen molar-refractivity contribution in [2.24, 2.45) is 0 Å². The highest BCUT2D eigenvalue weighted by Crippen LogP contribution is 1.81. The molecule has 4 N–H and O–H groups in total. The lowest BCUT2D eigenvalue weighted by atomic mass is 10.5. The Morgan fingerprint density at radius 2 is 1.00 bits per heavy atom. The standard InChI is InChI=1S/2C4H6O3/c2*1-3(5)2-4(6)7/h2*2,5H,1H3,(H,6,7). The highest BCUT2D eigenvalue weighted by atomic mass is 16.4. The summed E-state index contributed by atoms with van der Waals surface area (Å²) in [5, 5.41) is 32.1. The van der Waals surface area contributed by atoms with Crippen molar-refractivity contribution in [3.05, 3.63) is 23.7 Å². The van der Waals surface area contributed by atoms with E-state index in [2.05, 4.69) is 0 Å². The van der Waals surface area contributed by atoms with Gasteiger partial charge in [0.05, 0.1) is 23.7 Å². The first-order chi connectivity index (χ1) is 6.25. The van der Waals surface area contributed by atoms with Crippen LogP contribution in [0.1, 0.15) is 13.8 Å². The van der Waals surface area contributed by atoms with Gasteiger partial charge in [-0.05, 0) is 13.8 Å². The molecule has 0 amide bonds. The largest absolute Gasteiger partial charge is 0.512 e. The average Bonchev–Trinajstić information content (AvgIpc) is 1.79. The summed E-state index contributed by atoms with van der Waals surface area (Å²) in [6.45, 7) is 2.60. The van der Waals surface area contributed by atoms with Gasteiger partial charge in [-0.2, -0.15) is 0 Å². The zero-order valence-electron chi connectivity index (χ0n) is 7.76. The minimum absolute atomic E-state index is 0.187. The highest BCUT2D eigenvalue weighted by Gasteiger charge is 1.86. The zero-order valence-corrected chi connectivity index (χ0v) is 7.76. The Bertz CT molecular complexity index is 227. The minimum atomic E-state index is -1.12. The number of aliphatic hydroxyl groups is 2. The molecular formula is C8H12O6. The van der Waals surface area contributed by atoms with Crippen LogP contribution in [0.15, 0.2) is 23.7 Å². The second-order valence-electron chi connectivity index (χ2n) is 2.25. The lowest BCUT2D eigenvalue weighted by Crippen LogP contribution is -1.87. The Morgan fingerprint density at radius 3 is 1.00 bits per heavy atom. The van der Waals surface area contributed by atoms with Crippen LogP contribution in [0.3, 0.4) is 0 Å². The predicted octanol–water partition coefficient (Wildman–Crippen LogP) is 1.07. The second kappa shape index (κ2) is 7.66.